The van der Waals surface area contributed by atoms with Crippen molar-refractivity contribution in [3.63, 3.8) is 0 Å². The van der Waals surface area contributed by atoms with Gasteiger partial charge >= 0.3 is 17.9 Å². The fourth-order valence-corrected chi connectivity index (χ4v) is 7.12. The molecular weight excluding hydrogens is 769 g/mol. The van der Waals surface area contributed by atoms with Crippen molar-refractivity contribution >= 4 is 17.9 Å². The highest BCUT2D eigenvalue weighted by Crippen LogP contribution is 2.16. The van der Waals surface area contributed by atoms with Crippen molar-refractivity contribution in [2.75, 3.05) is 13.2 Å². The zero-order valence-electron chi connectivity index (χ0n) is 40.6. The minimum absolute atomic E-state index is 0.0971. The number of esters is 3. The quantitative estimate of drug-likeness (QED) is 0.0262. The predicted octanol–water partition coefficient (Wildman–Crippen LogP) is 17.0. The van der Waals surface area contributed by atoms with E-state index in [1.165, 1.54) is 103 Å². The maximum atomic E-state index is 12.8. The van der Waals surface area contributed by atoms with Gasteiger partial charge < -0.3 is 14.2 Å². The molecule has 0 aromatic rings. The van der Waals surface area contributed by atoms with Gasteiger partial charge in [-0.15, -0.1) is 0 Å². The maximum Gasteiger partial charge on any atom is 0.306 e. The normalized spacial score (nSPS) is 12.6. The average Bonchev–Trinajstić information content (AvgIpc) is 3.27. The van der Waals surface area contributed by atoms with Gasteiger partial charge in [-0.2, -0.15) is 0 Å². The van der Waals surface area contributed by atoms with Crippen molar-refractivity contribution in [1.29, 1.82) is 0 Å². The molecule has 0 rings (SSSR count). The number of ether oxygens (including phenoxy) is 3. The first-order chi connectivity index (χ1) is 30.5. The Morgan fingerprint density at radius 1 is 0.339 bits per heavy atom. The molecule has 1 unspecified atom stereocenters. The molecule has 0 heterocycles. The van der Waals surface area contributed by atoms with Crippen LogP contribution >= 0.6 is 0 Å². The van der Waals surface area contributed by atoms with Crippen LogP contribution in [0, 0.1) is 0 Å². The molecule has 62 heavy (non-hydrogen) atoms. The molecule has 0 saturated heterocycles. The van der Waals surface area contributed by atoms with Gasteiger partial charge in [-0.05, 0) is 83.5 Å². The zero-order valence-corrected chi connectivity index (χ0v) is 40.6. The van der Waals surface area contributed by atoms with Crippen LogP contribution in [0.1, 0.15) is 245 Å². The third kappa shape index (κ3) is 47.9. The van der Waals surface area contributed by atoms with E-state index in [9.17, 15) is 14.4 Å². The predicted molar refractivity (Wildman–Crippen MR) is 265 cm³/mol. The summed E-state index contributed by atoms with van der Waals surface area (Å²) in [5, 5.41) is 0. The molecular formula is C56H96O6. The summed E-state index contributed by atoms with van der Waals surface area (Å²) in [6, 6.07) is 0. The summed E-state index contributed by atoms with van der Waals surface area (Å²) < 4.78 is 16.7. The standard InChI is InChI=1S/C56H96O6/c1-4-7-10-13-16-19-21-23-25-27-28-29-31-32-34-37-40-43-46-49-55(58)61-52-53(51-60-54(57)48-45-42-39-36-18-15-12-9-6-3)62-56(59)50-47-44-41-38-35-33-30-26-24-22-20-17-14-11-8-5-2/h8-9,11-12,17-18,20,24,26,33,35-36,53H,4-7,10,13-16,19,21-23,25,27-32,34,37-52H2,1-3H3/b11-8-,12-9-,20-17-,26-24-,35-33-,36-18-. The largest absolute Gasteiger partial charge is 0.462 e. The molecule has 6 nitrogen and oxygen atoms in total. The van der Waals surface area contributed by atoms with Crippen molar-refractivity contribution in [2.24, 2.45) is 0 Å². The van der Waals surface area contributed by atoms with Crippen molar-refractivity contribution in [3.05, 3.63) is 72.9 Å². The lowest BCUT2D eigenvalue weighted by molar-refractivity contribution is -0.167. The fourth-order valence-electron chi connectivity index (χ4n) is 7.12. The second-order valence-corrected chi connectivity index (χ2v) is 17.0. The van der Waals surface area contributed by atoms with Crippen molar-refractivity contribution in [3.8, 4) is 0 Å². The van der Waals surface area contributed by atoms with Crippen LogP contribution in [0.2, 0.25) is 0 Å². The van der Waals surface area contributed by atoms with Gasteiger partial charge in [0.25, 0.3) is 0 Å². The summed E-state index contributed by atoms with van der Waals surface area (Å²) in [5.41, 5.74) is 0. The van der Waals surface area contributed by atoms with E-state index in [0.717, 1.165) is 103 Å². The van der Waals surface area contributed by atoms with E-state index in [0.29, 0.717) is 12.8 Å². The molecule has 0 aliphatic heterocycles. The van der Waals surface area contributed by atoms with Gasteiger partial charge in [0.15, 0.2) is 6.10 Å². The van der Waals surface area contributed by atoms with Gasteiger partial charge in [-0.25, -0.2) is 0 Å². The Kier molecular flexibility index (Phi) is 47.9. The Bertz CT molecular complexity index is 1180. The van der Waals surface area contributed by atoms with Gasteiger partial charge in [0.1, 0.15) is 13.2 Å². The molecule has 0 radical (unpaired) electrons. The Balaban J connectivity index is 4.34. The van der Waals surface area contributed by atoms with Crippen LogP contribution in [0.3, 0.4) is 0 Å². The molecule has 0 aliphatic rings. The second kappa shape index (κ2) is 50.5. The van der Waals surface area contributed by atoms with Crippen LogP contribution in [-0.4, -0.2) is 37.2 Å². The van der Waals surface area contributed by atoms with Gasteiger partial charge in [0, 0.05) is 19.3 Å². The summed E-state index contributed by atoms with van der Waals surface area (Å²) >= 11 is 0. The van der Waals surface area contributed by atoms with Crippen LogP contribution in [-0.2, 0) is 28.6 Å². The second-order valence-electron chi connectivity index (χ2n) is 17.0. The first-order valence-electron chi connectivity index (χ1n) is 25.9. The molecule has 0 saturated carbocycles. The third-order valence-corrected chi connectivity index (χ3v) is 11.0. The minimum Gasteiger partial charge on any atom is -0.462 e. The fraction of sp³-hybridized carbons (Fsp3) is 0.732. The number of allylic oxidation sites excluding steroid dienone is 12. The monoisotopic (exact) mass is 865 g/mol. The highest BCUT2D eigenvalue weighted by Gasteiger charge is 2.19. The lowest BCUT2D eigenvalue weighted by Crippen LogP contribution is -2.30. The third-order valence-electron chi connectivity index (χ3n) is 11.0. The van der Waals surface area contributed by atoms with E-state index in [-0.39, 0.29) is 37.5 Å². The Hall–Kier alpha value is -3.15. The van der Waals surface area contributed by atoms with Gasteiger partial charge in [0.05, 0.1) is 0 Å². The van der Waals surface area contributed by atoms with Crippen LogP contribution in [0.15, 0.2) is 72.9 Å². The van der Waals surface area contributed by atoms with Gasteiger partial charge in [0.2, 0.25) is 0 Å². The number of carbonyl (C=O) groups is 3. The van der Waals surface area contributed by atoms with Gasteiger partial charge in [-0.1, -0.05) is 216 Å². The Labute approximate surface area is 382 Å². The first-order valence-corrected chi connectivity index (χ1v) is 25.9. The molecule has 0 amide bonds. The molecule has 0 fully saturated rings. The molecule has 6 heteroatoms. The molecule has 1 atom stereocenters. The van der Waals surface area contributed by atoms with Crippen LogP contribution in [0.25, 0.3) is 0 Å². The lowest BCUT2D eigenvalue weighted by Gasteiger charge is -2.18. The van der Waals surface area contributed by atoms with E-state index < -0.39 is 6.10 Å². The van der Waals surface area contributed by atoms with Crippen molar-refractivity contribution < 1.29 is 28.6 Å². The highest BCUT2D eigenvalue weighted by molar-refractivity contribution is 5.71. The van der Waals surface area contributed by atoms with Crippen molar-refractivity contribution in [1.82, 2.24) is 0 Å². The molecule has 0 spiro atoms. The van der Waals surface area contributed by atoms with E-state index in [4.69, 9.17) is 14.2 Å². The summed E-state index contributed by atoms with van der Waals surface area (Å²) in [5.74, 6) is -0.965. The number of unbranched alkanes of at least 4 members (excludes halogenated alkanes) is 23. The van der Waals surface area contributed by atoms with Crippen molar-refractivity contribution in [2.45, 2.75) is 252 Å². The summed E-state index contributed by atoms with van der Waals surface area (Å²) in [6.07, 6.45) is 63.4. The van der Waals surface area contributed by atoms with Gasteiger partial charge in [-0.3, -0.25) is 14.4 Å². The summed E-state index contributed by atoms with van der Waals surface area (Å²) in [6.45, 7) is 6.35. The number of hydrogen-bond acceptors (Lipinski definition) is 6. The summed E-state index contributed by atoms with van der Waals surface area (Å²) in [7, 11) is 0. The van der Waals surface area contributed by atoms with E-state index in [2.05, 4.69) is 93.7 Å². The van der Waals surface area contributed by atoms with E-state index >= 15 is 0 Å². The topological polar surface area (TPSA) is 78.9 Å². The lowest BCUT2D eigenvalue weighted by atomic mass is 10.0. The van der Waals surface area contributed by atoms with E-state index in [1.807, 2.05) is 0 Å². The Morgan fingerprint density at radius 3 is 1.02 bits per heavy atom. The van der Waals surface area contributed by atoms with E-state index in [1.54, 1.807) is 0 Å². The summed E-state index contributed by atoms with van der Waals surface area (Å²) in [4.78, 5) is 37.9. The Morgan fingerprint density at radius 2 is 0.629 bits per heavy atom. The molecule has 0 aromatic carbocycles. The zero-order chi connectivity index (χ0) is 45.1. The molecule has 0 bridgehead atoms. The average molecular weight is 865 g/mol. The number of hydrogen-bond donors (Lipinski definition) is 0. The molecule has 0 aromatic heterocycles. The SMILES string of the molecule is CC/C=C\C/C=C\C/C=C\C/C=C\CCCCCC(=O)OC(COC(=O)CCCC/C=C\C/C=C\CC)COC(=O)CCCCCCCCCCCCCCCCCCCCC. The molecule has 356 valence electrons. The van der Waals surface area contributed by atoms with Crippen LogP contribution < -0.4 is 0 Å². The number of carbonyl (C=O) groups excluding carboxylic acids is 3. The smallest absolute Gasteiger partial charge is 0.306 e. The molecule has 0 aliphatic carbocycles. The highest BCUT2D eigenvalue weighted by atomic mass is 16.6. The minimum atomic E-state index is -0.802. The van der Waals surface area contributed by atoms with Crippen LogP contribution in [0.4, 0.5) is 0 Å². The maximum absolute atomic E-state index is 12.8. The van der Waals surface area contributed by atoms with Crippen LogP contribution in [0.5, 0.6) is 0 Å². The molecule has 0 N–H and O–H groups in total. The first kappa shape index (κ1) is 58.9. The number of rotatable bonds is 46.